The Bertz CT molecular complexity index is 1070. The van der Waals surface area contributed by atoms with E-state index in [1.165, 1.54) is 23.9 Å². The van der Waals surface area contributed by atoms with Crippen molar-refractivity contribution in [3.8, 4) is 11.5 Å². The molecule has 0 aliphatic carbocycles. The molecule has 2 aromatic carbocycles. The molecule has 1 aliphatic rings. The Morgan fingerprint density at radius 3 is 2.55 bits per heavy atom. The Morgan fingerprint density at radius 1 is 1.26 bits per heavy atom. The monoisotopic (exact) mass is 552 g/mol. The minimum atomic E-state index is -0.995. The normalized spacial score (nSPS) is 16.3. The van der Waals surface area contributed by atoms with Crippen molar-refractivity contribution in [2.24, 2.45) is 4.99 Å². The summed E-state index contributed by atoms with van der Waals surface area (Å²) in [5.41, 5.74) is 1.59. The van der Waals surface area contributed by atoms with Gasteiger partial charge >= 0.3 is 5.97 Å². The number of carboxylic acid groups (broad SMARTS) is 1. The van der Waals surface area contributed by atoms with Crippen molar-refractivity contribution in [3.05, 3.63) is 56.0 Å². The van der Waals surface area contributed by atoms with Crippen molar-refractivity contribution in [3.63, 3.8) is 0 Å². The molecule has 1 N–H and O–H groups in total. The highest BCUT2D eigenvalue weighted by Crippen LogP contribution is 2.37. The third-order valence-corrected chi connectivity index (χ3v) is 6.18. The van der Waals surface area contributed by atoms with E-state index in [1.54, 1.807) is 24.1 Å². The van der Waals surface area contributed by atoms with Crippen LogP contribution in [0.1, 0.15) is 29.8 Å². The Kier molecular flexibility index (Phi) is 7.60. The van der Waals surface area contributed by atoms with E-state index in [2.05, 4.69) is 27.6 Å². The number of benzene rings is 2. The highest BCUT2D eigenvalue weighted by atomic mass is 127. The molecule has 1 heterocycles. The van der Waals surface area contributed by atoms with Crippen LogP contribution < -0.4 is 9.47 Å². The largest absolute Gasteiger partial charge is 0.492 e. The number of nitrogens with zero attached hydrogens (tertiary/aromatic N) is 2. The van der Waals surface area contributed by atoms with Crippen molar-refractivity contribution >= 4 is 63.2 Å². The Balaban J connectivity index is 1.94. The van der Waals surface area contributed by atoms with E-state index in [-0.39, 0.29) is 11.5 Å². The lowest BCUT2D eigenvalue weighted by Gasteiger charge is -2.12. The molecule has 0 spiro atoms. The van der Waals surface area contributed by atoms with E-state index in [0.717, 1.165) is 9.13 Å². The van der Waals surface area contributed by atoms with Crippen LogP contribution in [0.25, 0.3) is 6.08 Å². The summed E-state index contributed by atoms with van der Waals surface area (Å²) in [6.07, 6.45) is 1.82. The molecule has 31 heavy (non-hydrogen) atoms. The number of amides is 1. The number of halogens is 1. The van der Waals surface area contributed by atoms with Crippen molar-refractivity contribution in [2.75, 3.05) is 20.3 Å². The van der Waals surface area contributed by atoms with Crippen LogP contribution in [-0.2, 0) is 4.79 Å². The molecule has 0 bridgehead atoms. The molecule has 0 aromatic heterocycles. The second-order valence-electron chi connectivity index (χ2n) is 6.37. The van der Waals surface area contributed by atoms with Gasteiger partial charge in [0.15, 0.2) is 16.7 Å². The number of hydrogen-bond acceptors (Lipinski definition) is 6. The molecule has 1 saturated heterocycles. The number of aromatic carboxylic acids is 1. The molecule has 7 nitrogen and oxygen atoms in total. The summed E-state index contributed by atoms with van der Waals surface area (Å²) in [7, 11) is 1.60. The lowest BCUT2D eigenvalue weighted by molar-refractivity contribution is -0.122. The first-order chi connectivity index (χ1) is 14.9. The van der Waals surface area contributed by atoms with Gasteiger partial charge in [-0.15, -0.1) is 0 Å². The number of likely N-dealkylation sites (N-methyl/N-ethyl adjacent to an activating group) is 1. The summed E-state index contributed by atoms with van der Waals surface area (Å²) < 4.78 is 12.0. The molecule has 0 radical (unpaired) electrons. The number of rotatable bonds is 7. The maximum atomic E-state index is 12.9. The second kappa shape index (κ2) is 10.2. The predicted molar refractivity (Wildman–Crippen MR) is 130 cm³/mol. The first-order valence-corrected chi connectivity index (χ1v) is 11.4. The molecule has 1 fully saturated rings. The highest BCUT2D eigenvalue weighted by molar-refractivity contribution is 14.1. The molecule has 1 aliphatic heterocycles. The van der Waals surface area contributed by atoms with Crippen molar-refractivity contribution < 1.29 is 24.2 Å². The van der Waals surface area contributed by atoms with Crippen LogP contribution in [0.15, 0.2) is 46.3 Å². The second-order valence-corrected chi connectivity index (χ2v) is 8.54. The van der Waals surface area contributed by atoms with Crippen LogP contribution in [0, 0.1) is 3.57 Å². The number of carbonyl (C=O) groups is 2. The summed E-state index contributed by atoms with van der Waals surface area (Å²) in [5.74, 6) is 0.166. The van der Waals surface area contributed by atoms with Gasteiger partial charge in [-0.1, -0.05) is 0 Å². The quantitative estimate of drug-likeness (QED) is 0.384. The predicted octanol–water partition coefficient (Wildman–Crippen LogP) is 5.02. The van der Waals surface area contributed by atoms with Crippen LogP contribution in [0.2, 0.25) is 0 Å². The number of aliphatic imine (C=N–C) groups is 1. The summed E-state index contributed by atoms with van der Waals surface area (Å²) in [6.45, 7) is 4.76. The van der Waals surface area contributed by atoms with Crippen molar-refractivity contribution in [1.29, 1.82) is 0 Å². The van der Waals surface area contributed by atoms with Gasteiger partial charge < -0.3 is 14.6 Å². The zero-order valence-corrected chi connectivity index (χ0v) is 20.2. The van der Waals surface area contributed by atoms with Gasteiger partial charge in [-0.05, 0) is 96.2 Å². The van der Waals surface area contributed by atoms with E-state index >= 15 is 0 Å². The van der Waals surface area contributed by atoms with Crippen LogP contribution in [0.5, 0.6) is 11.5 Å². The van der Waals surface area contributed by atoms with Gasteiger partial charge in [-0.3, -0.25) is 9.69 Å². The van der Waals surface area contributed by atoms with Gasteiger partial charge in [-0.2, -0.15) is 0 Å². The molecule has 0 atom stereocenters. The Hall–Kier alpha value is -2.53. The molecule has 0 unspecified atom stereocenters. The van der Waals surface area contributed by atoms with E-state index < -0.39 is 5.97 Å². The fourth-order valence-corrected chi connectivity index (χ4v) is 4.85. The van der Waals surface area contributed by atoms with E-state index in [1.807, 2.05) is 32.1 Å². The van der Waals surface area contributed by atoms with Crippen LogP contribution in [0.3, 0.4) is 0 Å². The topological polar surface area (TPSA) is 88.4 Å². The number of carboxylic acids is 1. The van der Waals surface area contributed by atoms with Crippen LogP contribution in [-0.4, -0.2) is 47.3 Å². The van der Waals surface area contributed by atoms with Crippen LogP contribution >= 0.6 is 34.4 Å². The molecule has 0 saturated carbocycles. The summed E-state index contributed by atoms with van der Waals surface area (Å²) in [5, 5.41) is 9.59. The molecule has 3 rings (SSSR count). The molecule has 9 heteroatoms. The maximum Gasteiger partial charge on any atom is 0.335 e. The number of carbonyl (C=O) groups excluding carboxylic acids is 1. The summed E-state index contributed by atoms with van der Waals surface area (Å²) in [4.78, 5) is 30.6. The van der Waals surface area contributed by atoms with Gasteiger partial charge in [0, 0.05) is 6.54 Å². The fourth-order valence-electron chi connectivity index (χ4n) is 2.94. The molecular formula is C22H21IN2O5S. The van der Waals surface area contributed by atoms with Gasteiger partial charge in [0.1, 0.15) is 0 Å². The molecule has 2 aromatic rings. The van der Waals surface area contributed by atoms with Gasteiger partial charge in [0.05, 0.1) is 33.4 Å². The maximum absolute atomic E-state index is 12.9. The molecule has 1 amide bonds. The number of methoxy groups -OCH3 is 1. The van der Waals surface area contributed by atoms with Crippen molar-refractivity contribution in [2.45, 2.75) is 13.8 Å². The molecular weight excluding hydrogens is 531 g/mol. The minimum absolute atomic E-state index is 0.128. The third kappa shape index (κ3) is 5.21. The smallest absolute Gasteiger partial charge is 0.335 e. The minimum Gasteiger partial charge on any atom is -0.492 e. The standard InChI is InChI=1S/C22H21IN2O5S/c1-4-25-20(26)18(12-13-10-16(23)19(29-3)17(11-13)30-5-2)31-22(25)24-15-8-6-14(7-9-15)21(27)28/h6-12H,4-5H2,1-3H3,(H,27,28)/b18-12+,24-22?. The molecule has 162 valence electrons. The zero-order chi connectivity index (χ0) is 22.5. The fraction of sp³-hybridized carbons (Fsp3) is 0.227. The lowest BCUT2D eigenvalue weighted by Crippen LogP contribution is -2.28. The Morgan fingerprint density at radius 2 is 1.97 bits per heavy atom. The summed E-state index contributed by atoms with van der Waals surface area (Å²) in [6, 6.07) is 10.0. The highest BCUT2D eigenvalue weighted by Gasteiger charge is 2.32. The Labute approximate surface area is 198 Å². The first kappa shape index (κ1) is 23.1. The third-order valence-electron chi connectivity index (χ3n) is 4.38. The lowest BCUT2D eigenvalue weighted by atomic mass is 10.2. The number of ether oxygens (including phenoxy) is 2. The van der Waals surface area contributed by atoms with Gasteiger partial charge in [-0.25, -0.2) is 9.79 Å². The average Bonchev–Trinajstić information content (AvgIpc) is 3.02. The van der Waals surface area contributed by atoms with E-state index in [9.17, 15) is 9.59 Å². The number of hydrogen-bond donors (Lipinski definition) is 1. The zero-order valence-electron chi connectivity index (χ0n) is 17.2. The van der Waals surface area contributed by atoms with Gasteiger partial charge in [0.25, 0.3) is 5.91 Å². The summed E-state index contributed by atoms with van der Waals surface area (Å²) >= 11 is 3.46. The number of amidine groups is 1. The average molecular weight is 552 g/mol. The van der Waals surface area contributed by atoms with Gasteiger partial charge in [0.2, 0.25) is 0 Å². The number of thioether (sulfide) groups is 1. The SMILES string of the molecule is CCOc1cc(/C=C2/SC(=Nc3ccc(C(=O)O)cc3)N(CC)C2=O)cc(I)c1OC. The first-order valence-electron chi connectivity index (χ1n) is 9.51. The van der Waals surface area contributed by atoms with Crippen LogP contribution in [0.4, 0.5) is 5.69 Å². The van der Waals surface area contributed by atoms with E-state index in [4.69, 9.17) is 14.6 Å². The van der Waals surface area contributed by atoms with Crippen molar-refractivity contribution in [1.82, 2.24) is 4.90 Å². The van der Waals surface area contributed by atoms with E-state index in [0.29, 0.717) is 40.4 Å².